The SMILES string of the molecule is COc1c(C)cccc1-c1cn(C2CN(C(=O)OC(C)(C)C)C2)nc1C=O. The monoisotopic (exact) mass is 371 g/mol. The van der Waals surface area contributed by atoms with Gasteiger partial charge in [0, 0.05) is 30.4 Å². The molecular weight excluding hydrogens is 346 g/mol. The van der Waals surface area contributed by atoms with Gasteiger partial charge in [0.15, 0.2) is 6.29 Å². The van der Waals surface area contributed by atoms with Gasteiger partial charge in [-0.05, 0) is 33.3 Å². The van der Waals surface area contributed by atoms with Crippen molar-refractivity contribution in [2.75, 3.05) is 20.2 Å². The highest BCUT2D eigenvalue weighted by Gasteiger charge is 2.35. The maximum Gasteiger partial charge on any atom is 0.410 e. The van der Waals surface area contributed by atoms with E-state index < -0.39 is 5.60 Å². The number of benzene rings is 1. The van der Waals surface area contributed by atoms with Gasteiger partial charge in [-0.1, -0.05) is 18.2 Å². The van der Waals surface area contributed by atoms with E-state index in [2.05, 4.69) is 5.10 Å². The summed E-state index contributed by atoms with van der Waals surface area (Å²) in [6.07, 6.45) is 2.26. The second kappa shape index (κ2) is 7.06. The van der Waals surface area contributed by atoms with E-state index in [4.69, 9.17) is 9.47 Å². The van der Waals surface area contributed by atoms with Crippen LogP contribution in [0.1, 0.15) is 42.9 Å². The Balaban J connectivity index is 1.80. The highest BCUT2D eigenvalue weighted by Crippen LogP contribution is 2.35. The summed E-state index contributed by atoms with van der Waals surface area (Å²) in [5, 5.41) is 4.41. The lowest BCUT2D eigenvalue weighted by Gasteiger charge is -2.39. The van der Waals surface area contributed by atoms with Gasteiger partial charge in [0.05, 0.1) is 13.2 Å². The highest BCUT2D eigenvalue weighted by atomic mass is 16.6. The van der Waals surface area contributed by atoms with Gasteiger partial charge < -0.3 is 14.4 Å². The topological polar surface area (TPSA) is 73.7 Å². The Hall–Kier alpha value is -2.83. The van der Waals surface area contributed by atoms with Gasteiger partial charge in [-0.3, -0.25) is 9.48 Å². The molecule has 0 N–H and O–H groups in total. The third kappa shape index (κ3) is 3.82. The molecule has 7 heteroatoms. The van der Waals surface area contributed by atoms with Gasteiger partial charge in [0.25, 0.3) is 0 Å². The number of rotatable bonds is 4. The molecule has 1 aromatic carbocycles. The van der Waals surface area contributed by atoms with Crippen molar-refractivity contribution in [3.05, 3.63) is 35.7 Å². The average Bonchev–Trinajstić information content (AvgIpc) is 2.95. The predicted octanol–water partition coefficient (Wildman–Crippen LogP) is 3.47. The number of nitrogens with zero attached hydrogens (tertiary/aromatic N) is 3. The molecule has 0 aliphatic carbocycles. The zero-order valence-electron chi connectivity index (χ0n) is 16.4. The van der Waals surface area contributed by atoms with Crippen LogP contribution in [0, 0.1) is 6.92 Å². The molecule has 1 amide bonds. The first-order valence-corrected chi connectivity index (χ1v) is 8.89. The van der Waals surface area contributed by atoms with Crippen LogP contribution < -0.4 is 4.74 Å². The largest absolute Gasteiger partial charge is 0.496 e. The molecule has 0 atom stereocenters. The van der Waals surface area contributed by atoms with Gasteiger partial charge in [-0.25, -0.2) is 4.79 Å². The number of likely N-dealkylation sites (tertiary alicyclic amines) is 1. The van der Waals surface area contributed by atoms with Crippen LogP contribution in [0.4, 0.5) is 4.79 Å². The number of ether oxygens (including phenoxy) is 2. The first-order valence-electron chi connectivity index (χ1n) is 8.89. The van der Waals surface area contributed by atoms with Crippen molar-refractivity contribution in [3.63, 3.8) is 0 Å². The third-order valence-corrected chi connectivity index (χ3v) is 4.47. The maximum atomic E-state index is 12.1. The number of aldehydes is 1. The van der Waals surface area contributed by atoms with Gasteiger partial charge in [-0.2, -0.15) is 5.10 Å². The van der Waals surface area contributed by atoms with Crippen molar-refractivity contribution in [1.29, 1.82) is 0 Å². The van der Waals surface area contributed by atoms with Gasteiger partial charge in [0.2, 0.25) is 0 Å². The maximum absolute atomic E-state index is 12.1. The molecule has 7 nitrogen and oxygen atoms in total. The quantitative estimate of drug-likeness (QED) is 0.770. The first-order chi connectivity index (χ1) is 12.7. The van der Waals surface area contributed by atoms with Crippen LogP contribution in [0.2, 0.25) is 0 Å². The minimum atomic E-state index is -0.520. The van der Waals surface area contributed by atoms with E-state index >= 15 is 0 Å². The van der Waals surface area contributed by atoms with Crippen LogP contribution in [0.25, 0.3) is 11.1 Å². The molecule has 144 valence electrons. The molecule has 0 saturated carbocycles. The summed E-state index contributed by atoms with van der Waals surface area (Å²) in [5.41, 5.74) is 2.37. The van der Waals surface area contributed by atoms with Gasteiger partial charge in [-0.15, -0.1) is 0 Å². The lowest BCUT2D eigenvalue weighted by Crippen LogP contribution is -2.52. The van der Waals surface area contributed by atoms with Crippen LogP contribution in [0.5, 0.6) is 5.75 Å². The summed E-state index contributed by atoms with van der Waals surface area (Å²) in [6.45, 7) is 8.48. The molecule has 1 aromatic heterocycles. The first kappa shape index (κ1) is 18.9. The van der Waals surface area contributed by atoms with E-state index in [1.807, 2.05) is 52.1 Å². The zero-order valence-corrected chi connectivity index (χ0v) is 16.4. The minimum absolute atomic E-state index is 0.0146. The molecule has 1 aliphatic heterocycles. The van der Waals surface area contributed by atoms with Gasteiger partial charge >= 0.3 is 6.09 Å². The number of carbonyl (C=O) groups is 2. The molecular formula is C20H25N3O4. The van der Waals surface area contributed by atoms with E-state index in [9.17, 15) is 9.59 Å². The number of aryl methyl sites for hydroxylation is 1. The Morgan fingerprint density at radius 2 is 1.96 bits per heavy atom. The van der Waals surface area contributed by atoms with Crippen LogP contribution in [-0.4, -0.2) is 52.9 Å². The standard InChI is InChI=1S/C20H25N3O4/c1-13-7-6-8-15(18(13)26-5)16-11-23(21-17(16)12-24)14-9-22(10-14)19(25)27-20(2,3)4/h6-8,11-12,14H,9-10H2,1-5H3. The van der Waals surface area contributed by atoms with Crippen molar-refractivity contribution >= 4 is 12.4 Å². The summed E-state index contributed by atoms with van der Waals surface area (Å²) in [4.78, 5) is 25.3. The van der Waals surface area contributed by atoms with Crippen molar-refractivity contribution in [2.24, 2.45) is 0 Å². The Labute approximate surface area is 158 Å². The predicted molar refractivity (Wildman–Crippen MR) is 101 cm³/mol. The van der Waals surface area contributed by atoms with E-state index in [0.717, 1.165) is 28.7 Å². The van der Waals surface area contributed by atoms with Crippen molar-refractivity contribution in [3.8, 4) is 16.9 Å². The number of amides is 1. The van der Waals surface area contributed by atoms with Gasteiger partial charge in [0.1, 0.15) is 17.0 Å². The van der Waals surface area contributed by atoms with Crippen LogP contribution in [0.15, 0.2) is 24.4 Å². The summed E-state index contributed by atoms with van der Waals surface area (Å²) >= 11 is 0. The minimum Gasteiger partial charge on any atom is -0.496 e. The molecule has 1 aliphatic rings. The smallest absolute Gasteiger partial charge is 0.410 e. The van der Waals surface area contributed by atoms with Crippen LogP contribution >= 0.6 is 0 Å². The Morgan fingerprint density at radius 1 is 1.26 bits per heavy atom. The number of hydrogen-bond acceptors (Lipinski definition) is 5. The Bertz CT molecular complexity index is 861. The van der Waals surface area contributed by atoms with E-state index in [-0.39, 0.29) is 12.1 Å². The number of para-hydroxylation sites is 1. The van der Waals surface area contributed by atoms with Crippen molar-refractivity contribution < 1.29 is 19.1 Å². The summed E-state index contributed by atoms with van der Waals surface area (Å²) in [5.74, 6) is 0.726. The van der Waals surface area contributed by atoms with Crippen LogP contribution in [-0.2, 0) is 4.74 Å². The molecule has 1 fully saturated rings. The number of hydrogen-bond donors (Lipinski definition) is 0. The lowest BCUT2D eigenvalue weighted by molar-refractivity contribution is -0.000428. The summed E-state index contributed by atoms with van der Waals surface area (Å²) < 4.78 is 12.6. The molecule has 2 heterocycles. The molecule has 3 rings (SSSR count). The average molecular weight is 371 g/mol. The fourth-order valence-electron chi connectivity index (χ4n) is 3.12. The zero-order chi connectivity index (χ0) is 19.8. The number of aromatic nitrogens is 2. The fourth-order valence-corrected chi connectivity index (χ4v) is 3.12. The molecule has 0 unspecified atom stereocenters. The molecule has 27 heavy (non-hydrogen) atoms. The fraction of sp³-hybridized carbons (Fsp3) is 0.450. The number of carbonyl (C=O) groups excluding carboxylic acids is 2. The Morgan fingerprint density at radius 3 is 2.56 bits per heavy atom. The second-order valence-electron chi connectivity index (χ2n) is 7.72. The second-order valence-corrected chi connectivity index (χ2v) is 7.72. The lowest BCUT2D eigenvalue weighted by atomic mass is 10.0. The van der Waals surface area contributed by atoms with Crippen molar-refractivity contribution in [2.45, 2.75) is 39.3 Å². The van der Waals surface area contributed by atoms with E-state index in [1.54, 1.807) is 16.7 Å². The molecule has 1 saturated heterocycles. The highest BCUT2D eigenvalue weighted by molar-refractivity contribution is 5.87. The summed E-state index contributed by atoms with van der Waals surface area (Å²) in [7, 11) is 1.61. The molecule has 0 radical (unpaired) electrons. The molecule has 2 aromatic rings. The molecule has 0 bridgehead atoms. The van der Waals surface area contributed by atoms with Crippen LogP contribution in [0.3, 0.4) is 0 Å². The third-order valence-electron chi connectivity index (χ3n) is 4.47. The number of methoxy groups -OCH3 is 1. The summed E-state index contributed by atoms with van der Waals surface area (Å²) in [6, 6.07) is 5.80. The normalized spacial score (nSPS) is 14.6. The molecule has 0 spiro atoms. The van der Waals surface area contributed by atoms with E-state index in [1.165, 1.54) is 0 Å². The van der Waals surface area contributed by atoms with E-state index in [0.29, 0.717) is 18.8 Å². The Kier molecular flexibility index (Phi) is 4.95. The van der Waals surface area contributed by atoms with Crippen molar-refractivity contribution in [1.82, 2.24) is 14.7 Å².